The average molecular weight is 237 g/mol. The second-order valence-corrected chi connectivity index (χ2v) is 4.55. The number of nitrogens with zero attached hydrogens (tertiary/aromatic N) is 2. The average Bonchev–Trinajstić information content (AvgIpc) is 2.33. The van der Waals surface area contributed by atoms with Gasteiger partial charge in [0.1, 0.15) is 6.20 Å². The summed E-state index contributed by atoms with van der Waals surface area (Å²) in [4.78, 5) is 14.1. The maximum absolute atomic E-state index is 10.5. The minimum absolute atomic E-state index is 0.0341. The highest BCUT2D eigenvalue weighted by molar-refractivity contribution is 5.29. The van der Waals surface area contributed by atoms with Crippen LogP contribution in [0.4, 0.5) is 5.69 Å². The molecule has 1 aliphatic carbocycles. The molecular weight excluding hydrogens is 222 g/mol. The van der Waals surface area contributed by atoms with Gasteiger partial charge in [0.15, 0.2) is 0 Å². The fourth-order valence-electron chi connectivity index (χ4n) is 2.16. The molecule has 0 saturated heterocycles. The maximum Gasteiger partial charge on any atom is 0.287 e. The summed E-state index contributed by atoms with van der Waals surface area (Å²) in [5, 5.41) is 20.0. The molecular formula is C11H15N3O3. The number of pyridine rings is 1. The molecule has 17 heavy (non-hydrogen) atoms. The first-order chi connectivity index (χ1) is 8.01. The van der Waals surface area contributed by atoms with Crippen molar-refractivity contribution in [2.24, 2.45) is 5.73 Å². The molecule has 0 amide bonds. The maximum atomic E-state index is 10.5. The molecule has 0 spiro atoms. The van der Waals surface area contributed by atoms with E-state index in [1.807, 2.05) is 0 Å². The predicted octanol–water partition coefficient (Wildman–Crippen LogP) is 1.08. The third-order valence-corrected chi connectivity index (χ3v) is 3.32. The van der Waals surface area contributed by atoms with Gasteiger partial charge in [0.25, 0.3) is 5.69 Å². The summed E-state index contributed by atoms with van der Waals surface area (Å²) in [6.07, 6.45) is 3.54. The van der Waals surface area contributed by atoms with E-state index < -0.39 is 10.5 Å². The minimum atomic E-state index is -0.561. The van der Waals surface area contributed by atoms with E-state index in [0.717, 1.165) is 0 Å². The molecule has 0 radical (unpaired) electrons. The van der Waals surface area contributed by atoms with Gasteiger partial charge in [0, 0.05) is 6.07 Å². The Morgan fingerprint density at radius 2 is 2.12 bits per heavy atom. The normalized spacial score (nSPS) is 28.9. The van der Waals surface area contributed by atoms with Crippen molar-refractivity contribution in [1.29, 1.82) is 0 Å². The van der Waals surface area contributed by atoms with Crippen molar-refractivity contribution in [2.45, 2.75) is 37.3 Å². The lowest BCUT2D eigenvalue weighted by Crippen LogP contribution is -2.42. The van der Waals surface area contributed by atoms with E-state index in [2.05, 4.69) is 4.98 Å². The number of aliphatic hydroxyl groups excluding tert-OH is 1. The number of rotatable bonds is 2. The largest absolute Gasteiger partial charge is 0.393 e. The molecule has 0 aromatic carbocycles. The van der Waals surface area contributed by atoms with Crippen LogP contribution in [0.15, 0.2) is 18.3 Å². The third-order valence-electron chi connectivity index (χ3n) is 3.32. The van der Waals surface area contributed by atoms with Crippen molar-refractivity contribution in [1.82, 2.24) is 4.98 Å². The number of nitro groups is 1. The van der Waals surface area contributed by atoms with E-state index in [4.69, 9.17) is 5.73 Å². The Hall–Kier alpha value is -1.53. The topological polar surface area (TPSA) is 102 Å². The molecule has 92 valence electrons. The number of nitrogens with two attached hydrogens (primary N) is 1. The van der Waals surface area contributed by atoms with Crippen LogP contribution in [-0.4, -0.2) is 21.1 Å². The summed E-state index contributed by atoms with van der Waals surface area (Å²) >= 11 is 0. The minimum Gasteiger partial charge on any atom is -0.393 e. The SMILES string of the molecule is NC1(c2ccc([N+](=O)[O-])cn2)CCC(O)CC1. The van der Waals surface area contributed by atoms with Gasteiger partial charge in [-0.05, 0) is 31.7 Å². The van der Waals surface area contributed by atoms with Gasteiger partial charge < -0.3 is 10.8 Å². The highest BCUT2D eigenvalue weighted by Crippen LogP contribution is 2.34. The quantitative estimate of drug-likeness (QED) is 0.591. The molecule has 0 aliphatic heterocycles. The molecule has 3 N–H and O–H groups in total. The van der Waals surface area contributed by atoms with Gasteiger partial charge in [-0.25, -0.2) is 0 Å². The summed E-state index contributed by atoms with van der Waals surface area (Å²) < 4.78 is 0. The Balaban J connectivity index is 2.19. The molecule has 0 atom stereocenters. The highest BCUT2D eigenvalue weighted by atomic mass is 16.6. The first kappa shape index (κ1) is 11.9. The zero-order valence-corrected chi connectivity index (χ0v) is 9.37. The van der Waals surface area contributed by atoms with Crippen LogP contribution in [0.3, 0.4) is 0 Å². The zero-order valence-electron chi connectivity index (χ0n) is 9.37. The monoisotopic (exact) mass is 237 g/mol. The zero-order chi connectivity index (χ0) is 12.5. The molecule has 1 aliphatic rings. The van der Waals surface area contributed by atoms with E-state index in [-0.39, 0.29) is 11.8 Å². The van der Waals surface area contributed by atoms with Gasteiger partial charge in [-0.1, -0.05) is 0 Å². The van der Waals surface area contributed by atoms with Gasteiger partial charge in [-0.2, -0.15) is 0 Å². The summed E-state index contributed by atoms with van der Waals surface area (Å²) in [5.74, 6) is 0. The first-order valence-electron chi connectivity index (χ1n) is 5.59. The number of aliphatic hydroxyl groups is 1. The Kier molecular flexibility index (Phi) is 3.08. The van der Waals surface area contributed by atoms with E-state index in [9.17, 15) is 15.2 Å². The van der Waals surface area contributed by atoms with Crippen LogP contribution in [0.1, 0.15) is 31.4 Å². The summed E-state index contributed by atoms with van der Waals surface area (Å²) in [6.45, 7) is 0. The van der Waals surface area contributed by atoms with Crippen LogP contribution in [0, 0.1) is 10.1 Å². The van der Waals surface area contributed by atoms with Crippen LogP contribution in [0.25, 0.3) is 0 Å². The molecule has 6 heteroatoms. The Morgan fingerprint density at radius 3 is 2.59 bits per heavy atom. The lowest BCUT2D eigenvalue weighted by molar-refractivity contribution is -0.385. The molecule has 0 bridgehead atoms. The Labute approximate surface area is 98.6 Å². The van der Waals surface area contributed by atoms with Gasteiger partial charge in [0.2, 0.25) is 0 Å². The molecule has 0 unspecified atom stereocenters. The third kappa shape index (κ3) is 2.42. The van der Waals surface area contributed by atoms with E-state index in [1.165, 1.54) is 12.3 Å². The predicted molar refractivity (Wildman–Crippen MR) is 61.2 cm³/mol. The highest BCUT2D eigenvalue weighted by Gasteiger charge is 2.33. The van der Waals surface area contributed by atoms with Crippen molar-refractivity contribution >= 4 is 5.69 Å². The molecule has 1 aromatic rings. The first-order valence-corrected chi connectivity index (χ1v) is 5.59. The molecule has 1 fully saturated rings. The van der Waals surface area contributed by atoms with Crippen LogP contribution < -0.4 is 5.73 Å². The Morgan fingerprint density at radius 1 is 1.47 bits per heavy atom. The number of aromatic nitrogens is 1. The van der Waals surface area contributed by atoms with Crippen molar-refractivity contribution in [3.8, 4) is 0 Å². The lowest BCUT2D eigenvalue weighted by Gasteiger charge is -2.34. The van der Waals surface area contributed by atoms with Crippen LogP contribution >= 0.6 is 0 Å². The lowest BCUT2D eigenvalue weighted by atomic mass is 9.79. The molecule has 2 rings (SSSR count). The summed E-state index contributed by atoms with van der Waals surface area (Å²) in [6, 6.07) is 3.03. The summed E-state index contributed by atoms with van der Waals surface area (Å²) in [5.41, 5.74) is 6.29. The van der Waals surface area contributed by atoms with Crippen molar-refractivity contribution in [2.75, 3.05) is 0 Å². The summed E-state index contributed by atoms with van der Waals surface area (Å²) in [7, 11) is 0. The van der Waals surface area contributed by atoms with Crippen LogP contribution in [-0.2, 0) is 5.54 Å². The van der Waals surface area contributed by atoms with Crippen molar-refractivity contribution < 1.29 is 10.0 Å². The molecule has 6 nitrogen and oxygen atoms in total. The van der Waals surface area contributed by atoms with Gasteiger partial charge >= 0.3 is 0 Å². The van der Waals surface area contributed by atoms with Crippen molar-refractivity contribution in [3.05, 3.63) is 34.1 Å². The number of hydrogen-bond donors (Lipinski definition) is 2. The fourth-order valence-corrected chi connectivity index (χ4v) is 2.16. The fraction of sp³-hybridized carbons (Fsp3) is 0.545. The Bertz CT molecular complexity index is 410. The van der Waals surface area contributed by atoms with E-state index >= 15 is 0 Å². The van der Waals surface area contributed by atoms with E-state index in [1.54, 1.807) is 6.07 Å². The second kappa shape index (κ2) is 4.38. The molecule has 1 heterocycles. The van der Waals surface area contributed by atoms with Gasteiger partial charge in [0.05, 0.1) is 22.3 Å². The van der Waals surface area contributed by atoms with E-state index in [0.29, 0.717) is 31.4 Å². The smallest absolute Gasteiger partial charge is 0.287 e. The number of hydrogen-bond acceptors (Lipinski definition) is 5. The molecule has 1 aromatic heterocycles. The van der Waals surface area contributed by atoms with Crippen LogP contribution in [0.2, 0.25) is 0 Å². The second-order valence-electron chi connectivity index (χ2n) is 4.55. The van der Waals surface area contributed by atoms with Gasteiger partial charge in [-0.3, -0.25) is 15.1 Å². The standard InChI is InChI=1S/C11H15N3O3/c12-11(5-3-9(15)4-6-11)10-2-1-8(7-13-10)14(16)17/h1-2,7,9,15H,3-6,12H2. The van der Waals surface area contributed by atoms with Crippen molar-refractivity contribution in [3.63, 3.8) is 0 Å². The molecule has 1 saturated carbocycles. The van der Waals surface area contributed by atoms with Crippen LogP contribution in [0.5, 0.6) is 0 Å². The van der Waals surface area contributed by atoms with Gasteiger partial charge in [-0.15, -0.1) is 0 Å².